The van der Waals surface area contributed by atoms with Gasteiger partial charge in [-0.3, -0.25) is 4.90 Å². The summed E-state index contributed by atoms with van der Waals surface area (Å²) in [6.07, 6.45) is 2.43. The number of hydrogen-bond acceptors (Lipinski definition) is 5. The lowest BCUT2D eigenvalue weighted by Gasteiger charge is -2.40. The van der Waals surface area contributed by atoms with Gasteiger partial charge < -0.3 is 20.7 Å². The summed E-state index contributed by atoms with van der Waals surface area (Å²) in [6.45, 7) is 8.15. The molecule has 2 aliphatic rings. The summed E-state index contributed by atoms with van der Waals surface area (Å²) < 4.78 is 5.47. The molecule has 0 amide bonds. The molecule has 0 radical (unpaired) electrons. The molecule has 1 aromatic carbocycles. The molecule has 1 unspecified atom stereocenters. The van der Waals surface area contributed by atoms with Crippen molar-refractivity contribution >= 4 is 55.5 Å². The molecule has 1 atom stereocenters. The van der Waals surface area contributed by atoms with Crippen molar-refractivity contribution in [2.75, 3.05) is 55.4 Å². The fourth-order valence-corrected chi connectivity index (χ4v) is 4.34. The molecular formula is C19H32N5OPS2. The molecule has 2 heterocycles. The Morgan fingerprint density at radius 1 is 1.21 bits per heavy atom. The third-order valence-corrected chi connectivity index (χ3v) is 5.88. The van der Waals surface area contributed by atoms with Crippen molar-refractivity contribution in [3.63, 3.8) is 0 Å². The summed E-state index contributed by atoms with van der Waals surface area (Å²) >= 11 is 6.73. The smallest absolute Gasteiger partial charge is 0.199 e. The zero-order valence-electron chi connectivity index (χ0n) is 16.6. The van der Waals surface area contributed by atoms with E-state index < -0.39 is 0 Å². The monoisotopic (exact) mass is 441 g/mol. The first kappa shape index (κ1) is 23.4. The standard InChI is InChI=1S/C19H29N5OS2.H3P/c1-2-27-18(20)22-19(26)21-15-3-5-16(6-4-15)23-9-7-17(8-10-23)24-11-13-25-14-12-24;/h3-6,17H,2,7-14H2,1H3,(H3,20,21,22,26);1H3. The zero-order chi connectivity index (χ0) is 19.1. The van der Waals surface area contributed by atoms with Crippen LogP contribution in [0.15, 0.2) is 29.3 Å². The number of thioether (sulfide) groups is 1. The second kappa shape index (κ2) is 11.9. The predicted molar refractivity (Wildman–Crippen MR) is 131 cm³/mol. The van der Waals surface area contributed by atoms with Crippen molar-refractivity contribution in [1.29, 1.82) is 0 Å². The molecular weight excluding hydrogens is 409 g/mol. The van der Waals surface area contributed by atoms with Crippen molar-refractivity contribution in [3.05, 3.63) is 24.3 Å². The first-order valence-corrected chi connectivity index (χ1v) is 11.0. The number of aliphatic imine (C=N–C) groups is 1. The van der Waals surface area contributed by atoms with E-state index in [0.717, 1.165) is 50.8 Å². The van der Waals surface area contributed by atoms with E-state index in [-0.39, 0.29) is 9.90 Å². The van der Waals surface area contributed by atoms with Gasteiger partial charge in [-0.25, -0.2) is 0 Å². The van der Waals surface area contributed by atoms with Gasteiger partial charge in [0.1, 0.15) is 0 Å². The van der Waals surface area contributed by atoms with Crippen LogP contribution in [-0.2, 0) is 4.74 Å². The van der Waals surface area contributed by atoms with Crippen LogP contribution in [0.1, 0.15) is 19.8 Å². The van der Waals surface area contributed by atoms with E-state index in [9.17, 15) is 0 Å². The molecule has 0 saturated carbocycles. The number of morpholine rings is 1. The predicted octanol–water partition coefficient (Wildman–Crippen LogP) is 2.81. The molecule has 1 aromatic rings. The number of amidine groups is 1. The van der Waals surface area contributed by atoms with Gasteiger partial charge in [0.15, 0.2) is 10.3 Å². The van der Waals surface area contributed by atoms with E-state index in [1.807, 2.05) is 19.1 Å². The molecule has 156 valence electrons. The molecule has 0 aliphatic carbocycles. The molecule has 3 rings (SSSR count). The second-order valence-corrected chi connectivity index (χ2v) is 8.40. The summed E-state index contributed by atoms with van der Waals surface area (Å²) in [6, 6.07) is 9.09. The SMILES string of the molecule is CCSC(N)=NC(=S)Nc1ccc(N2CCC(N3CCOCC3)CC2)cc1.P. The van der Waals surface area contributed by atoms with Crippen molar-refractivity contribution in [1.82, 2.24) is 4.90 Å². The zero-order valence-corrected chi connectivity index (χ0v) is 19.6. The Labute approximate surface area is 181 Å². The lowest BCUT2D eigenvalue weighted by atomic mass is 10.0. The normalized spacial score (nSPS) is 19.2. The highest BCUT2D eigenvalue weighted by Crippen LogP contribution is 2.24. The highest BCUT2D eigenvalue weighted by Gasteiger charge is 2.25. The Morgan fingerprint density at radius 2 is 1.86 bits per heavy atom. The molecule has 9 heteroatoms. The first-order chi connectivity index (χ1) is 13.2. The fraction of sp³-hybridized carbons (Fsp3) is 0.579. The average Bonchev–Trinajstić information content (AvgIpc) is 2.69. The lowest BCUT2D eigenvalue weighted by molar-refractivity contribution is 0.0115. The van der Waals surface area contributed by atoms with Gasteiger partial charge in [-0.15, -0.1) is 0 Å². The molecule has 2 aliphatic heterocycles. The lowest BCUT2D eigenvalue weighted by Crippen LogP contribution is -2.49. The number of benzene rings is 1. The van der Waals surface area contributed by atoms with Gasteiger partial charge >= 0.3 is 0 Å². The van der Waals surface area contributed by atoms with Crippen molar-refractivity contribution in [2.45, 2.75) is 25.8 Å². The van der Waals surface area contributed by atoms with Gasteiger partial charge in [-0.2, -0.15) is 14.9 Å². The minimum Gasteiger partial charge on any atom is -0.379 e. The molecule has 6 nitrogen and oxygen atoms in total. The number of thiocarbonyl (C=S) groups is 1. The molecule has 28 heavy (non-hydrogen) atoms. The van der Waals surface area contributed by atoms with Crippen molar-refractivity contribution in [3.8, 4) is 0 Å². The second-order valence-electron chi connectivity index (χ2n) is 6.73. The van der Waals surface area contributed by atoms with E-state index in [2.05, 4.69) is 32.2 Å². The quantitative estimate of drug-likeness (QED) is 0.322. The van der Waals surface area contributed by atoms with E-state index >= 15 is 0 Å². The Kier molecular flexibility index (Phi) is 9.95. The minimum absolute atomic E-state index is 0. The van der Waals surface area contributed by atoms with Crippen LogP contribution in [0.25, 0.3) is 0 Å². The topological polar surface area (TPSA) is 66.1 Å². The molecule has 0 aromatic heterocycles. The van der Waals surface area contributed by atoms with Crippen LogP contribution in [0.3, 0.4) is 0 Å². The van der Waals surface area contributed by atoms with Gasteiger partial charge in [0.05, 0.1) is 13.2 Å². The maximum absolute atomic E-state index is 5.79. The van der Waals surface area contributed by atoms with Crippen molar-refractivity contribution < 1.29 is 4.74 Å². The van der Waals surface area contributed by atoms with Gasteiger partial charge in [-0.1, -0.05) is 18.7 Å². The summed E-state index contributed by atoms with van der Waals surface area (Å²) in [5.41, 5.74) is 7.99. The third kappa shape index (κ3) is 6.85. The van der Waals surface area contributed by atoms with E-state index in [1.54, 1.807) is 0 Å². The van der Waals surface area contributed by atoms with Crippen LogP contribution >= 0.6 is 33.9 Å². The van der Waals surface area contributed by atoms with Gasteiger partial charge in [-0.05, 0) is 55.1 Å². The largest absolute Gasteiger partial charge is 0.379 e. The Bertz CT molecular complexity index is 644. The summed E-state index contributed by atoms with van der Waals surface area (Å²) in [7, 11) is 0. The van der Waals surface area contributed by atoms with E-state index in [1.165, 1.54) is 30.3 Å². The molecule has 0 spiro atoms. The molecule has 2 saturated heterocycles. The van der Waals surface area contributed by atoms with Gasteiger partial charge in [0, 0.05) is 43.6 Å². The van der Waals surface area contributed by atoms with Crippen LogP contribution in [0, 0.1) is 0 Å². The van der Waals surface area contributed by atoms with Crippen LogP contribution in [0.2, 0.25) is 0 Å². The van der Waals surface area contributed by atoms with Crippen LogP contribution < -0.4 is 16.0 Å². The molecule has 3 N–H and O–H groups in total. The number of anilines is 2. The Morgan fingerprint density at radius 3 is 2.46 bits per heavy atom. The maximum atomic E-state index is 5.79. The van der Waals surface area contributed by atoms with Crippen molar-refractivity contribution in [2.24, 2.45) is 10.7 Å². The number of nitrogens with zero attached hydrogens (tertiary/aromatic N) is 3. The minimum atomic E-state index is 0. The summed E-state index contributed by atoms with van der Waals surface area (Å²) in [4.78, 5) is 9.24. The van der Waals surface area contributed by atoms with E-state index in [4.69, 9.17) is 22.7 Å². The number of hydrogen-bond donors (Lipinski definition) is 2. The highest BCUT2D eigenvalue weighted by atomic mass is 32.2. The summed E-state index contributed by atoms with van der Waals surface area (Å²) in [5.74, 6) is 0.884. The Hall–Kier alpha value is -0.920. The van der Waals surface area contributed by atoms with E-state index in [0.29, 0.717) is 16.3 Å². The van der Waals surface area contributed by atoms with Crippen LogP contribution in [0.5, 0.6) is 0 Å². The fourth-order valence-electron chi connectivity index (χ4n) is 3.62. The molecule has 0 bridgehead atoms. The highest BCUT2D eigenvalue weighted by molar-refractivity contribution is 8.13. The van der Waals surface area contributed by atoms with Crippen LogP contribution in [-0.4, -0.2) is 66.4 Å². The Balaban J connectivity index is 0.00000280. The average molecular weight is 442 g/mol. The number of piperidine rings is 1. The first-order valence-electron chi connectivity index (χ1n) is 9.60. The number of ether oxygens (including phenoxy) is 1. The third-order valence-electron chi connectivity index (χ3n) is 5.01. The molecule has 2 fully saturated rings. The number of nitrogens with two attached hydrogens (primary N) is 1. The van der Waals surface area contributed by atoms with Gasteiger partial charge in [0.25, 0.3) is 0 Å². The van der Waals surface area contributed by atoms with Gasteiger partial charge in [0.2, 0.25) is 0 Å². The summed E-state index contributed by atoms with van der Waals surface area (Å²) in [5, 5.41) is 4.02. The maximum Gasteiger partial charge on any atom is 0.199 e. The van der Waals surface area contributed by atoms with Crippen LogP contribution in [0.4, 0.5) is 11.4 Å². The number of rotatable bonds is 4. The number of nitrogens with one attached hydrogen (secondary N) is 1.